The first kappa shape index (κ1) is 19.9. The first-order valence-corrected chi connectivity index (χ1v) is 9.23. The van der Waals surface area contributed by atoms with Crippen LogP contribution in [0.15, 0.2) is 40.8 Å². The Morgan fingerprint density at radius 3 is 1.89 bits per heavy atom. The number of rotatable bonds is 4. The SMILES string of the molecule is CC(=O)Oc1cc(OC(C)=O)cc(-c2cc3cc(I)c(OC(C)=O)cc3o2)c1. The van der Waals surface area contributed by atoms with E-state index in [1.807, 2.05) is 6.07 Å². The zero-order valence-electron chi connectivity index (χ0n) is 15.2. The zero-order valence-corrected chi connectivity index (χ0v) is 17.4. The van der Waals surface area contributed by atoms with Gasteiger partial charge >= 0.3 is 17.9 Å². The second-order valence-electron chi connectivity index (χ2n) is 5.91. The van der Waals surface area contributed by atoms with Gasteiger partial charge < -0.3 is 18.6 Å². The molecular formula is C20H15IO7. The van der Waals surface area contributed by atoms with Crippen molar-refractivity contribution >= 4 is 51.5 Å². The summed E-state index contributed by atoms with van der Waals surface area (Å²) >= 11 is 2.07. The first-order valence-electron chi connectivity index (χ1n) is 8.15. The van der Waals surface area contributed by atoms with Crippen molar-refractivity contribution in [1.82, 2.24) is 0 Å². The lowest BCUT2D eigenvalue weighted by molar-refractivity contribution is -0.133. The standard InChI is InChI=1S/C20H15IO7/c1-10(22)25-15-4-13(5-16(8-15)26-11(2)23)18-7-14-6-17(21)20(27-12(3)24)9-19(14)28-18/h4-9H,1-3H3. The summed E-state index contributed by atoms with van der Waals surface area (Å²) in [5.74, 6) is -0.130. The summed E-state index contributed by atoms with van der Waals surface area (Å²) in [4.78, 5) is 33.8. The third-order valence-electron chi connectivity index (χ3n) is 3.51. The van der Waals surface area contributed by atoms with Crippen LogP contribution in [0, 0.1) is 3.57 Å². The molecule has 0 fully saturated rings. The van der Waals surface area contributed by atoms with Crippen molar-refractivity contribution in [2.75, 3.05) is 0 Å². The summed E-state index contributed by atoms with van der Waals surface area (Å²) in [5.41, 5.74) is 1.06. The second kappa shape index (κ2) is 8.01. The zero-order chi connectivity index (χ0) is 20.4. The lowest BCUT2D eigenvalue weighted by Crippen LogP contribution is -2.04. The van der Waals surface area contributed by atoms with E-state index in [0.29, 0.717) is 22.7 Å². The Hall–Kier alpha value is -2.88. The fraction of sp³-hybridized carbons (Fsp3) is 0.150. The second-order valence-corrected chi connectivity index (χ2v) is 7.07. The highest BCUT2D eigenvalue weighted by Crippen LogP contribution is 2.36. The topological polar surface area (TPSA) is 92.0 Å². The van der Waals surface area contributed by atoms with Crippen LogP contribution in [0.25, 0.3) is 22.3 Å². The molecule has 144 valence electrons. The van der Waals surface area contributed by atoms with E-state index in [1.165, 1.54) is 26.8 Å². The predicted octanol–water partition coefficient (Wildman–Crippen LogP) is 4.48. The highest BCUT2D eigenvalue weighted by atomic mass is 127. The van der Waals surface area contributed by atoms with Gasteiger partial charge in [-0.2, -0.15) is 0 Å². The van der Waals surface area contributed by atoms with Crippen LogP contribution in [0.5, 0.6) is 17.2 Å². The van der Waals surface area contributed by atoms with Crippen LogP contribution >= 0.6 is 22.6 Å². The van der Waals surface area contributed by atoms with Crippen molar-refractivity contribution < 1.29 is 33.0 Å². The van der Waals surface area contributed by atoms with E-state index < -0.39 is 17.9 Å². The van der Waals surface area contributed by atoms with E-state index in [4.69, 9.17) is 18.6 Å². The molecule has 0 aliphatic heterocycles. The van der Waals surface area contributed by atoms with Crippen molar-refractivity contribution in [3.8, 4) is 28.6 Å². The maximum Gasteiger partial charge on any atom is 0.308 e. The maximum atomic E-state index is 11.3. The predicted molar refractivity (Wildman–Crippen MR) is 108 cm³/mol. The van der Waals surface area contributed by atoms with Crippen molar-refractivity contribution in [3.63, 3.8) is 0 Å². The number of benzene rings is 2. The molecule has 0 spiro atoms. The fourth-order valence-electron chi connectivity index (χ4n) is 2.58. The van der Waals surface area contributed by atoms with Crippen LogP contribution in [0.3, 0.4) is 0 Å². The molecule has 28 heavy (non-hydrogen) atoms. The molecule has 2 aromatic carbocycles. The quantitative estimate of drug-likeness (QED) is 0.300. The lowest BCUT2D eigenvalue weighted by Gasteiger charge is -2.08. The van der Waals surface area contributed by atoms with Gasteiger partial charge in [0.2, 0.25) is 0 Å². The van der Waals surface area contributed by atoms with Gasteiger partial charge in [-0.15, -0.1) is 0 Å². The van der Waals surface area contributed by atoms with E-state index in [9.17, 15) is 14.4 Å². The normalized spacial score (nSPS) is 10.6. The van der Waals surface area contributed by atoms with Crippen LogP contribution in [0.2, 0.25) is 0 Å². The Morgan fingerprint density at radius 2 is 1.36 bits per heavy atom. The minimum absolute atomic E-state index is 0.219. The number of hydrogen-bond acceptors (Lipinski definition) is 7. The highest BCUT2D eigenvalue weighted by Gasteiger charge is 2.15. The van der Waals surface area contributed by atoms with Crippen molar-refractivity contribution in [3.05, 3.63) is 40.0 Å². The third kappa shape index (κ3) is 4.69. The van der Waals surface area contributed by atoms with Gasteiger partial charge in [-0.1, -0.05) is 0 Å². The van der Waals surface area contributed by atoms with Gasteiger partial charge in [0.05, 0.1) is 3.57 Å². The first-order chi connectivity index (χ1) is 13.2. The summed E-state index contributed by atoms with van der Waals surface area (Å²) in [5, 5.41) is 0.794. The molecule has 0 aliphatic rings. The number of carbonyl (C=O) groups excluding carboxylic acids is 3. The van der Waals surface area contributed by atoms with Crippen molar-refractivity contribution in [2.24, 2.45) is 0 Å². The fourth-order valence-corrected chi connectivity index (χ4v) is 3.18. The monoisotopic (exact) mass is 494 g/mol. The van der Waals surface area contributed by atoms with Gasteiger partial charge in [0, 0.05) is 43.9 Å². The van der Waals surface area contributed by atoms with Crippen LogP contribution in [-0.4, -0.2) is 17.9 Å². The van der Waals surface area contributed by atoms with Crippen LogP contribution < -0.4 is 14.2 Å². The van der Waals surface area contributed by atoms with Gasteiger partial charge in [0.25, 0.3) is 0 Å². The molecule has 3 rings (SSSR count). The number of carbonyl (C=O) groups is 3. The number of furan rings is 1. The van der Waals surface area contributed by atoms with Crippen LogP contribution in [0.1, 0.15) is 20.8 Å². The minimum Gasteiger partial charge on any atom is -0.456 e. The number of ether oxygens (including phenoxy) is 3. The highest BCUT2D eigenvalue weighted by molar-refractivity contribution is 14.1. The average molecular weight is 494 g/mol. The van der Waals surface area contributed by atoms with Gasteiger partial charge in [-0.3, -0.25) is 14.4 Å². The third-order valence-corrected chi connectivity index (χ3v) is 4.36. The van der Waals surface area contributed by atoms with Crippen molar-refractivity contribution in [2.45, 2.75) is 20.8 Å². The molecule has 1 heterocycles. The van der Waals surface area contributed by atoms with E-state index in [2.05, 4.69) is 22.6 Å². The molecule has 0 atom stereocenters. The summed E-state index contributed by atoms with van der Waals surface area (Å²) in [6.07, 6.45) is 0. The maximum absolute atomic E-state index is 11.3. The average Bonchev–Trinajstić information content (AvgIpc) is 2.96. The van der Waals surface area contributed by atoms with E-state index >= 15 is 0 Å². The summed E-state index contributed by atoms with van der Waals surface area (Å²) in [7, 11) is 0. The molecule has 0 saturated heterocycles. The molecule has 0 N–H and O–H groups in total. The number of hydrogen-bond donors (Lipinski definition) is 0. The minimum atomic E-state index is -0.504. The largest absolute Gasteiger partial charge is 0.456 e. The van der Waals surface area contributed by atoms with Gasteiger partial charge in [0.15, 0.2) is 0 Å². The van der Waals surface area contributed by atoms with E-state index in [-0.39, 0.29) is 11.5 Å². The molecule has 0 unspecified atom stereocenters. The van der Waals surface area contributed by atoms with Gasteiger partial charge in [-0.25, -0.2) is 0 Å². The van der Waals surface area contributed by atoms with Crippen LogP contribution in [0.4, 0.5) is 0 Å². The Morgan fingerprint density at radius 1 is 0.786 bits per heavy atom. The van der Waals surface area contributed by atoms with Gasteiger partial charge in [-0.05, 0) is 46.9 Å². The van der Waals surface area contributed by atoms with Crippen molar-refractivity contribution in [1.29, 1.82) is 0 Å². The molecule has 3 aromatic rings. The molecule has 7 nitrogen and oxygen atoms in total. The van der Waals surface area contributed by atoms with E-state index in [1.54, 1.807) is 24.3 Å². The molecule has 0 saturated carbocycles. The van der Waals surface area contributed by atoms with Crippen LogP contribution in [-0.2, 0) is 14.4 Å². The number of esters is 3. The molecular weight excluding hydrogens is 479 g/mol. The van der Waals surface area contributed by atoms with Gasteiger partial charge in [0.1, 0.15) is 28.6 Å². The summed E-state index contributed by atoms with van der Waals surface area (Å²) < 4.78 is 22.0. The number of halogens is 1. The summed E-state index contributed by atoms with van der Waals surface area (Å²) in [6.45, 7) is 3.88. The molecule has 0 radical (unpaired) electrons. The molecule has 0 bridgehead atoms. The Kier molecular flexibility index (Phi) is 5.68. The Bertz CT molecular complexity index is 1060. The van der Waals surface area contributed by atoms with E-state index in [0.717, 1.165) is 8.96 Å². The Balaban J connectivity index is 2.08. The summed E-state index contributed by atoms with van der Waals surface area (Å²) in [6, 6.07) is 9.89. The smallest absolute Gasteiger partial charge is 0.308 e. The number of fused-ring (bicyclic) bond motifs is 1. The molecule has 8 heteroatoms. The molecule has 0 aliphatic carbocycles. The molecule has 1 aromatic heterocycles. The lowest BCUT2D eigenvalue weighted by atomic mass is 10.1. The Labute approximate surface area is 173 Å². The molecule has 0 amide bonds.